The highest BCUT2D eigenvalue weighted by molar-refractivity contribution is 5.20. The maximum Gasteiger partial charge on any atom is 0.119 e. The maximum absolute atomic E-state index is 5.42. The van der Waals surface area contributed by atoms with E-state index in [9.17, 15) is 0 Å². The van der Waals surface area contributed by atoms with Crippen LogP contribution in [0.3, 0.4) is 0 Å². The van der Waals surface area contributed by atoms with Crippen LogP contribution < -0.4 is 4.74 Å². The van der Waals surface area contributed by atoms with E-state index in [0.717, 1.165) is 5.75 Å². The Bertz CT molecular complexity index is 245. The second-order valence-electron chi connectivity index (χ2n) is 2.83. The maximum atomic E-state index is 5.42. The average Bonchev–Trinajstić information content (AvgIpc) is 2.05. The van der Waals surface area contributed by atoms with Crippen molar-refractivity contribution in [3.63, 3.8) is 0 Å². The Morgan fingerprint density at radius 2 is 2.08 bits per heavy atom. The summed E-state index contributed by atoms with van der Waals surface area (Å²) in [7, 11) is 0. The molecule has 0 fully saturated rings. The first kappa shape index (κ1) is 8.85. The molecule has 0 aromatic heterocycles. The summed E-state index contributed by atoms with van der Waals surface area (Å²) in [6, 6.07) is 10.4. The number of ether oxygens (including phenoxy) is 1. The largest absolute Gasteiger partial charge is 0.490 e. The molecule has 1 heteroatoms. The molecule has 0 aliphatic carbocycles. The summed E-state index contributed by atoms with van der Waals surface area (Å²) in [5.74, 6) is 0.895. The summed E-state index contributed by atoms with van der Waals surface area (Å²) >= 11 is 0. The van der Waals surface area contributed by atoms with Gasteiger partial charge in [0, 0.05) is 0 Å². The van der Waals surface area contributed by atoms with Gasteiger partial charge in [-0.15, -0.1) is 0 Å². The molecule has 0 atom stereocenters. The van der Waals surface area contributed by atoms with E-state index >= 15 is 0 Å². The smallest absolute Gasteiger partial charge is 0.119 e. The SMILES string of the molecule is CC(C)=CCOc1cc[c]cc1. The van der Waals surface area contributed by atoms with Gasteiger partial charge in [-0.05, 0) is 38.1 Å². The molecule has 0 aliphatic heterocycles. The molecule has 0 N–H and O–H groups in total. The van der Waals surface area contributed by atoms with Crippen LogP contribution in [0.15, 0.2) is 35.9 Å². The second-order valence-corrected chi connectivity index (χ2v) is 2.83. The summed E-state index contributed by atoms with van der Waals surface area (Å²) in [4.78, 5) is 0. The zero-order valence-corrected chi connectivity index (χ0v) is 7.50. The van der Waals surface area contributed by atoms with E-state index in [2.05, 4.69) is 26.0 Å². The third-order valence-corrected chi connectivity index (χ3v) is 1.43. The van der Waals surface area contributed by atoms with Gasteiger partial charge in [-0.2, -0.15) is 0 Å². The van der Waals surface area contributed by atoms with Crippen molar-refractivity contribution in [2.24, 2.45) is 0 Å². The zero-order chi connectivity index (χ0) is 8.81. The third kappa shape index (κ3) is 3.24. The Hall–Kier alpha value is -1.24. The van der Waals surface area contributed by atoms with Gasteiger partial charge in [-0.1, -0.05) is 17.7 Å². The van der Waals surface area contributed by atoms with Gasteiger partial charge in [0.05, 0.1) is 0 Å². The van der Waals surface area contributed by atoms with Crippen molar-refractivity contribution < 1.29 is 4.74 Å². The number of benzene rings is 1. The van der Waals surface area contributed by atoms with E-state index < -0.39 is 0 Å². The summed E-state index contributed by atoms with van der Waals surface area (Å²) in [6.07, 6.45) is 2.05. The summed E-state index contributed by atoms with van der Waals surface area (Å²) in [5.41, 5.74) is 1.28. The first-order valence-electron chi connectivity index (χ1n) is 4.01. The van der Waals surface area contributed by atoms with Crippen molar-refractivity contribution in [2.75, 3.05) is 6.61 Å². The lowest BCUT2D eigenvalue weighted by Gasteiger charge is -2.01. The van der Waals surface area contributed by atoms with Crippen molar-refractivity contribution in [1.82, 2.24) is 0 Å². The molecule has 12 heavy (non-hydrogen) atoms. The standard InChI is InChI=1S/C11H13O/c1-10(2)8-9-12-11-6-4-3-5-7-11/h4-8H,9H2,1-2H3. The molecule has 0 saturated carbocycles. The summed E-state index contributed by atoms with van der Waals surface area (Å²) in [6.45, 7) is 4.76. The molecule has 0 amide bonds. The Labute approximate surface area is 73.7 Å². The molecule has 0 unspecified atom stereocenters. The molecule has 63 valence electrons. The van der Waals surface area contributed by atoms with Crippen molar-refractivity contribution in [2.45, 2.75) is 13.8 Å². The fraction of sp³-hybridized carbons (Fsp3) is 0.273. The fourth-order valence-electron chi connectivity index (χ4n) is 0.772. The third-order valence-electron chi connectivity index (χ3n) is 1.43. The van der Waals surface area contributed by atoms with Crippen LogP contribution in [0.25, 0.3) is 0 Å². The molecule has 0 heterocycles. The molecule has 1 aromatic carbocycles. The summed E-state index contributed by atoms with van der Waals surface area (Å²) in [5, 5.41) is 0. The van der Waals surface area contributed by atoms with Gasteiger partial charge < -0.3 is 4.74 Å². The van der Waals surface area contributed by atoms with E-state index in [1.54, 1.807) is 0 Å². The highest BCUT2D eigenvalue weighted by atomic mass is 16.5. The highest BCUT2D eigenvalue weighted by Gasteiger charge is 1.87. The van der Waals surface area contributed by atoms with Crippen LogP contribution in [0, 0.1) is 6.07 Å². The van der Waals surface area contributed by atoms with E-state index in [0.29, 0.717) is 6.61 Å². The van der Waals surface area contributed by atoms with Crippen molar-refractivity contribution >= 4 is 0 Å². The molecule has 1 aromatic rings. The minimum absolute atomic E-state index is 0.645. The number of hydrogen-bond acceptors (Lipinski definition) is 1. The van der Waals surface area contributed by atoms with E-state index in [1.165, 1.54) is 5.57 Å². The van der Waals surface area contributed by atoms with Crippen LogP contribution in [-0.4, -0.2) is 6.61 Å². The predicted octanol–water partition coefficient (Wildman–Crippen LogP) is 2.83. The number of allylic oxidation sites excluding steroid dienone is 1. The lowest BCUT2D eigenvalue weighted by atomic mass is 10.3. The van der Waals surface area contributed by atoms with Crippen LogP contribution >= 0.6 is 0 Å². The van der Waals surface area contributed by atoms with E-state index in [1.807, 2.05) is 24.3 Å². The normalized spacial score (nSPS) is 9.17. The molecule has 0 bridgehead atoms. The molecular formula is C11H13O. The first-order chi connectivity index (χ1) is 5.79. The van der Waals surface area contributed by atoms with Crippen molar-refractivity contribution in [3.8, 4) is 5.75 Å². The van der Waals surface area contributed by atoms with Crippen LogP contribution in [0.2, 0.25) is 0 Å². The summed E-state index contributed by atoms with van der Waals surface area (Å²) < 4.78 is 5.42. The molecule has 0 saturated heterocycles. The first-order valence-corrected chi connectivity index (χ1v) is 4.01. The average molecular weight is 161 g/mol. The van der Waals surface area contributed by atoms with Crippen LogP contribution in [0.5, 0.6) is 5.75 Å². The lowest BCUT2D eigenvalue weighted by Crippen LogP contribution is -1.93. The minimum atomic E-state index is 0.645. The Kier molecular flexibility index (Phi) is 3.39. The van der Waals surface area contributed by atoms with Gasteiger partial charge in [0.15, 0.2) is 0 Å². The topological polar surface area (TPSA) is 9.23 Å². The Balaban J connectivity index is 2.39. The quantitative estimate of drug-likeness (QED) is 0.619. The van der Waals surface area contributed by atoms with Crippen molar-refractivity contribution in [3.05, 3.63) is 42.0 Å². The zero-order valence-electron chi connectivity index (χ0n) is 7.50. The molecular weight excluding hydrogens is 148 g/mol. The molecule has 1 nitrogen and oxygen atoms in total. The van der Waals surface area contributed by atoms with Crippen LogP contribution in [0.4, 0.5) is 0 Å². The van der Waals surface area contributed by atoms with Crippen LogP contribution in [0.1, 0.15) is 13.8 Å². The monoisotopic (exact) mass is 161 g/mol. The van der Waals surface area contributed by atoms with E-state index in [-0.39, 0.29) is 0 Å². The Morgan fingerprint density at radius 3 is 2.67 bits per heavy atom. The number of hydrogen-bond donors (Lipinski definition) is 0. The van der Waals surface area contributed by atoms with Crippen LogP contribution in [-0.2, 0) is 0 Å². The second kappa shape index (κ2) is 4.60. The number of rotatable bonds is 3. The molecule has 1 rings (SSSR count). The predicted molar refractivity (Wildman–Crippen MR) is 50.2 cm³/mol. The lowest BCUT2D eigenvalue weighted by molar-refractivity contribution is 0.362. The van der Waals surface area contributed by atoms with Gasteiger partial charge >= 0.3 is 0 Å². The molecule has 1 radical (unpaired) electrons. The van der Waals surface area contributed by atoms with Gasteiger partial charge in [-0.25, -0.2) is 0 Å². The van der Waals surface area contributed by atoms with Gasteiger partial charge in [0.1, 0.15) is 12.4 Å². The van der Waals surface area contributed by atoms with Gasteiger partial charge in [-0.3, -0.25) is 0 Å². The highest BCUT2D eigenvalue weighted by Crippen LogP contribution is 2.07. The molecule has 0 spiro atoms. The fourth-order valence-corrected chi connectivity index (χ4v) is 0.772. The van der Waals surface area contributed by atoms with Gasteiger partial charge in [0.2, 0.25) is 0 Å². The Morgan fingerprint density at radius 1 is 1.42 bits per heavy atom. The van der Waals surface area contributed by atoms with Gasteiger partial charge in [0.25, 0.3) is 0 Å². The molecule has 0 aliphatic rings. The van der Waals surface area contributed by atoms with Crippen molar-refractivity contribution in [1.29, 1.82) is 0 Å². The van der Waals surface area contributed by atoms with E-state index in [4.69, 9.17) is 4.74 Å². The minimum Gasteiger partial charge on any atom is -0.490 e.